The van der Waals surface area contributed by atoms with Crippen LogP contribution in [0.25, 0.3) is 21.5 Å². The van der Waals surface area contributed by atoms with Gasteiger partial charge in [0.2, 0.25) is 0 Å². The molecule has 1 atom stereocenters. The quantitative estimate of drug-likeness (QED) is 0.271. The van der Waals surface area contributed by atoms with Gasteiger partial charge in [-0.2, -0.15) is 0 Å². The van der Waals surface area contributed by atoms with Crippen molar-refractivity contribution in [3.8, 4) is 28.7 Å². The number of esters is 1. The summed E-state index contributed by atoms with van der Waals surface area (Å²) in [6.07, 6.45) is 0. The van der Waals surface area contributed by atoms with Crippen LogP contribution in [-0.2, 0) is 9.53 Å². The van der Waals surface area contributed by atoms with E-state index in [9.17, 15) is 4.79 Å². The maximum atomic E-state index is 13.1. The zero-order valence-electron chi connectivity index (χ0n) is 21.8. The highest BCUT2D eigenvalue weighted by molar-refractivity contribution is 6.19. The fourth-order valence-electron chi connectivity index (χ4n) is 5.58. The molecule has 6 rings (SSSR count). The Morgan fingerprint density at radius 2 is 1.24 bits per heavy atom. The van der Waals surface area contributed by atoms with E-state index in [-0.39, 0.29) is 18.5 Å². The summed E-state index contributed by atoms with van der Waals surface area (Å²) >= 11 is 0. The molecule has 1 N–H and O–H groups in total. The normalized spacial score (nSPS) is 16.0. The van der Waals surface area contributed by atoms with Crippen molar-refractivity contribution < 1.29 is 33.2 Å². The van der Waals surface area contributed by atoms with Gasteiger partial charge in [0.15, 0.2) is 23.0 Å². The molecule has 0 saturated heterocycles. The first kappa shape index (κ1) is 23.8. The Balaban J connectivity index is 1.78. The van der Waals surface area contributed by atoms with Gasteiger partial charge in [0.1, 0.15) is 12.4 Å². The fourth-order valence-corrected chi connectivity index (χ4v) is 5.58. The number of carbonyl (C=O) groups excluding carboxylic acids is 1. The number of hydrogen-bond donors (Lipinski definition) is 1. The summed E-state index contributed by atoms with van der Waals surface area (Å²) in [5.74, 6) is 2.41. The van der Waals surface area contributed by atoms with Crippen molar-refractivity contribution in [2.75, 3.05) is 47.5 Å². The van der Waals surface area contributed by atoms with Crippen molar-refractivity contribution in [3.63, 3.8) is 0 Å². The molecule has 0 aromatic heterocycles. The lowest BCUT2D eigenvalue weighted by Crippen LogP contribution is -2.20. The number of carbonyl (C=O) groups is 1. The minimum atomic E-state index is -0.389. The van der Waals surface area contributed by atoms with Gasteiger partial charge in [0.25, 0.3) is 0 Å². The average molecular weight is 514 g/mol. The van der Waals surface area contributed by atoms with E-state index in [2.05, 4.69) is 5.32 Å². The molecule has 0 bridgehead atoms. The summed E-state index contributed by atoms with van der Waals surface area (Å²) in [6, 6.07) is 15.6. The first-order valence-corrected chi connectivity index (χ1v) is 12.1. The predicted molar refractivity (Wildman–Crippen MR) is 144 cm³/mol. The van der Waals surface area contributed by atoms with Crippen LogP contribution in [0.1, 0.15) is 17.0 Å². The van der Waals surface area contributed by atoms with Gasteiger partial charge in [-0.15, -0.1) is 0 Å². The van der Waals surface area contributed by atoms with Crippen LogP contribution in [0.3, 0.4) is 0 Å². The second kappa shape index (κ2) is 9.06. The molecule has 2 heterocycles. The third-order valence-electron chi connectivity index (χ3n) is 7.36. The Morgan fingerprint density at radius 3 is 1.79 bits per heavy atom. The topological polar surface area (TPSA) is 84.5 Å². The van der Waals surface area contributed by atoms with E-state index >= 15 is 0 Å². The molecule has 0 radical (unpaired) electrons. The maximum absolute atomic E-state index is 13.1. The fraction of sp³-hybridized carbons (Fsp3) is 0.233. The molecule has 4 aromatic carbocycles. The highest BCUT2D eigenvalue weighted by atomic mass is 16.5. The zero-order valence-corrected chi connectivity index (χ0v) is 21.8. The summed E-state index contributed by atoms with van der Waals surface area (Å²) in [6.45, 7) is 0.180. The van der Waals surface area contributed by atoms with E-state index in [1.54, 1.807) is 35.5 Å². The zero-order chi connectivity index (χ0) is 26.6. The number of benzene rings is 4. The van der Waals surface area contributed by atoms with Gasteiger partial charge in [-0.25, -0.2) is 4.79 Å². The van der Waals surface area contributed by atoms with E-state index in [0.29, 0.717) is 28.6 Å². The monoisotopic (exact) mass is 513 g/mol. The molecule has 1 unspecified atom stereocenters. The van der Waals surface area contributed by atoms with Gasteiger partial charge in [0, 0.05) is 11.3 Å². The van der Waals surface area contributed by atoms with Crippen LogP contribution in [0.5, 0.6) is 28.7 Å². The first-order chi connectivity index (χ1) is 18.5. The number of anilines is 1. The van der Waals surface area contributed by atoms with E-state index in [1.165, 1.54) is 0 Å². The highest BCUT2D eigenvalue weighted by Crippen LogP contribution is 2.53. The Morgan fingerprint density at radius 1 is 0.711 bits per heavy atom. The molecule has 2 aliphatic heterocycles. The number of hydrogen-bond acceptors (Lipinski definition) is 8. The van der Waals surface area contributed by atoms with E-state index in [0.717, 1.165) is 49.8 Å². The average Bonchev–Trinajstić information content (AvgIpc) is 3.34. The molecule has 8 heteroatoms. The largest absolute Gasteiger partial charge is 0.497 e. The Labute approximate surface area is 219 Å². The second-order valence-electron chi connectivity index (χ2n) is 9.09. The first-order valence-electron chi connectivity index (χ1n) is 12.1. The molecule has 194 valence electrons. The van der Waals surface area contributed by atoms with Crippen molar-refractivity contribution >= 4 is 33.2 Å². The van der Waals surface area contributed by atoms with Gasteiger partial charge >= 0.3 is 5.97 Å². The number of methoxy groups -OCH3 is 5. The van der Waals surface area contributed by atoms with Crippen molar-refractivity contribution in [1.29, 1.82) is 0 Å². The summed E-state index contributed by atoms with van der Waals surface area (Å²) in [4.78, 5) is 13.1. The molecule has 0 saturated carbocycles. The lowest BCUT2D eigenvalue weighted by Gasteiger charge is -2.31. The molecule has 38 heavy (non-hydrogen) atoms. The van der Waals surface area contributed by atoms with Crippen molar-refractivity contribution in [1.82, 2.24) is 0 Å². The third-order valence-corrected chi connectivity index (χ3v) is 7.36. The molecule has 0 amide bonds. The number of nitrogens with one attached hydrogen (secondary N) is 1. The predicted octanol–water partition coefficient (Wildman–Crippen LogP) is 5.40. The van der Waals surface area contributed by atoms with Crippen LogP contribution in [-0.4, -0.2) is 48.1 Å². The minimum absolute atomic E-state index is 0.180. The van der Waals surface area contributed by atoms with E-state index in [4.69, 9.17) is 28.4 Å². The van der Waals surface area contributed by atoms with Crippen molar-refractivity contribution in [2.45, 2.75) is 5.92 Å². The van der Waals surface area contributed by atoms with Crippen LogP contribution in [0.4, 0.5) is 5.69 Å². The molecule has 2 aliphatic rings. The number of ether oxygens (including phenoxy) is 6. The molecule has 0 fully saturated rings. The summed E-state index contributed by atoms with van der Waals surface area (Å²) in [5.41, 5.74) is 4.09. The molecular weight excluding hydrogens is 486 g/mol. The lowest BCUT2D eigenvalue weighted by atomic mass is 9.77. The van der Waals surface area contributed by atoms with Gasteiger partial charge in [-0.3, -0.25) is 0 Å². The standard InChI is InChI=1S/C30H27NO7/c1-33-16-8-6-15(7-9-16)26-27-19-12-24(36-4)22(34-2)10-17(19)18-11-23(35-3)25(37-5)13-20(18)29(27)31-21-14-38-30(32)28(21)26/h6-13,26,31H,14H2,1-5H3. The Kier molecular flexibility index (Phi) is 5.67. The summed E-state index contributed by atoms with van der Waals surface area (Å²) in [7, 11) is 8.08. The molecule has 0 spiro atoms. The van der Waals surface area contributed by atoms with Gasteiger partial charge in [0.05, 0.1) is 52.5 Å². The Bertz CT molecular complexity index is 1640. The Hall–Kier alpha value is -4.59. The number of fused-ring (bicyclic) bond motifs is 6. The van der Waals surface area contributed by atoms with Gasteiger partial charge < -0.3 is 33.7 Å². The SMILES string of the molecule is COc1ccc(C2C3=C(COC3=O)Nc3c2c2cc(OC)c(OC)cc2c2cc(OC)c(OC)cc32)cc1. The molecular formula is C30H27NO7. The molecule has 8 nitrogen and oxygen atoms in total. The van der Waals surface area contributed by atoms with Crippen molar-refractivity contribution in [3.05, 3.63) is 70.9 Å². The summed E-state index contributed by atoms with van der Waals surface area (Å²) in [5, 5.41) is 7.24. The van der Waals surface area contributed by atoms with Gasteiger partial charge in [-0.1, -0.05) is 12.1 Å². The van der Waals surface area contributed by atoms with Crippen LogP contribution in [0, 0.1) is 0 Å². The van der Waals surface area contributed by atoms with E-state index < -0.39 is 0 Å². The number of rotatable bonds is 6. The lowest BCUT2D eigenvalue weighted by molar-refractivity contribution is -0.136. The highest BCUT2D eigenvalue weighted by Gasteiger charge is 2.40. The second-order valence-corrected chi connectivity index (χ2v) is 9.09. The van der Waals surface area contributed by atoms with Crippen LogP contribution in [0.2, 0.25) is 0 Å². The van der Waals surface area contributed by atoms with Crippen LogP contribution >= 0.6 is 0 Å². The molecule has 0 aliphatic carbocycles. The van der Waals surface area contributed by atoms with E-state index in [1.807, 2.05) is 48.5 Å². The van der Waals surface area contributed by atoms with Crippen LogP contribution in [0.15, 0.2) is 59.8 Å². The maximum Gasteiger partial charge on any atom is 0.337 e. The van der Waals surface area contributed by atoms with Crippen molar-refractivity contribution in [2.24, 2.45) is 0 Å². The summed E-state index contributed by atoms with van der Waals surface area (Å²) < 4.78 is 33.6. The van der Waals surface area contributed by atoms with Crippen LogP contribution < -0.4 is 29.0 Å². The minimum Gasteiger partial charge on any atom is -0.497 e. The smallest absolute Gasteiger partial charge is 0.337 e. The number of cyclic esters (lactones) is 1. The third kappa shape index (κ3) is 3.40. The van der Waals surface area contributed by atoms with Gasteiger partial charge in [-0.05, 0) is 63.7 Å². The molecule has 4 aromatic rings.